The number of benzene rings is 1. The van der Waals surface area contributed by atoms with Crippen LogP contribution in [0.25, 0.3) is 0 Å². The molecule has 0 aliphatic carbocycles. The zero-order chi connectivity index (χ0) is 16.0. The van der Waals surface area contributed by atoms with Crippen LogP contribution in [0.5, 0.6) is 0 Å². The fourth-order valence-corrected chi connectivity index (χ4v) is 2.11. The van der Waals surface area contributed by atoms with Crippen molar-refractivity contribution in [3.8, 4) is 0 Å². The number of esters is 1. The van der Waals surface area contributed by atoms with Crippen molar-refractivity contribution in [2.75, 3.05) is 6.61 Å². The Morgan fingerprint density at radius 2 is 1.86 bits per heavy atom. The van der Waals surface area contributed by atoms with Gasteiger partial charge in [-0.2, -0.15) is 0 Å². The molecule has 0 saturated carbocycles. The van der Waals surface area contributed by atoms with Crippen molar-refractivity contribution in [2.24, 2.45) is 5.73 Å². The maximum atomic E-state index is 11.6. The number of nitrogens with one attached hydrogen (secondary N) is 1. The van der Waals surface area contributed by atoms with Crippen molar-refractivity contribution in [1.29, 1.82) is 0 Å². The third-order valence-electron chi connectivity index (χ3n) is 2.56. The largest absolute Gasteiger partial charge is 0.456 e. The third-order valence-corrected chi connectivity index (χ3v) is 3.26. The van der Waals surface area contributed by atoms with Gasteiger partial charge in [0.05, 0.1) is 0 Å². The fourth-order valence-electron chi connectivity index (χ4n) is 1.56. The molecule has 3 N–H and O–H groups in total. The average Bonchev–Trinajstić information content (AvgIpc) is 2.39. The van der Waals surface area contributed by atoms with E-state index < -0.39 is 30.4 Å². The molecule has 21 heavy (non-hydrogen) atoms. The van der Waals surface area contributed by atoms with E-state index in [4.69, 9.17) is 28.9 Å². The van der Waals surface area contributed by atoms with Gasteiger partial charge in [-0.15, -0.1) is 0 Å². The molecule has 114 valence electrons. The first-order valence-corrected chi connectivity index (χ1v) is 6.71. The molecule has 0 fully saturated rings. The summed E-state index contributed by atoms with van der Waals surface area (Å²) in [6.45, 7) is 0.678. The zero-order valence-electron chi connectivity index (χ0n) is 11.2. The number of halogens is 2. The Hall–Kier alpha value is -1.79. The Balaban J connectivity index is 2.77. The lowest BCUT2D eigenvalue weighted by Crippen LogP contribution is -2.47. The van der Waals surface area contributed by atoms with E-state index in [0.717, 1.165) is 0 Å². The molecule has 0 aliphatic heterocycles. The maximum Gasteiger partial charge on any atom is 0.303 e. The van der Waals surface area contributed by atoms with Crippen molar-refractivity contribution in [3.05, 3.63) is 33.8 Å². The van der Waals surface area contributed by atoms with Crippen LogP contribution in [0.2, 0.25) is 10.0 Å². The van der Waals surface area contributed by atoms with Gasteiger partial charge in [0, 0.05) is 23.4 Å². The summed E-state index contributed by atoms with van der Waals surface area (Å²) in [6.07, 6.45) is 0.0413. The number of amides is 2. The van der Waals surface area contributed by atoms with Crippen LogP contribution >= 0.6 is 23.2 Å². The zero-order valence-corrected chi connectivity index (χ0v) is 12.7. The minimum atomic E-state index is -1.01. The quantitative estimate of drug-likeness (QED) is 0.761. The molecule has 6 nitrogen and oxygen atoms in total. The first kappa shape index (κ1) is 17.3. The molecule has 0 aromatic heterocycles. The second-order valence-electron chi connectivity index (χ2n) is 4.21. The number of primary amides is 1. The molecule has 1 atom stereocenters. The van der Waals surface area contributed by atoms with E-state index in [9.17, 15) is 14.4 Å². The van der Waals surface area contributed by atoms with Gasteiger partial charge in [0.2, 0.25) is 5.91 Å². The SMILES string of the molecule is CC(=O)OCC(=O)N[C@H](Cc1c(Cl)cccc1Cl)C(N)=O. The van der Waals surface area contributed by atoms with Gasteiger partial charge < -0.3 is 15.8 Å². The van der Waals surface area contributed by atoms with Gasteiger partial charge in [-0.1, -0.05) is 29.3 Å². The first-order chi connectivity index (χ1) is 9.81. The second-order valence-corrected chi connectivity index (χ2v) is 5.02. The van der Waals surface area contributed by atoms with E-state index in [1.807, 2.05) is 0 Å². The van der Waals surface area contributed by atoms with Gasteiger partial charge in [0.1, 0.15) is 6.04 Å². The molecule has 8 heteroatoms. The van der Waals surface area contributed by atoms with Gasteiger partial charge in [0.15, 0.2) is 6.61 Å². The minimum absolute atomic E-state index is 0.0413. The highest BCUT2D eigenvalue weighted by atomic mass is 35.5. The standard InChI is InChI=1S/C13H14Cl2N2O4/c1-7(18)21-6-12(19)17-11(13(16)20)5-8-9(14)3-2-4-10(8)15/h2-4,11H,5-6H2,1H3,(H2,16,20)(H,17,19)/t11-/m1/s1. The number of nitrogens with two attached hydrogens (primary N) is 1. The highest BCUT2D eigenvalue weighted by Gasteiger charge is 2.21. The molecule has 0 spiro atoms. The smallest absolute Gasteiger partial charge is 0.303 e. The number of hydrogen-bond acceptors (Lipinski definition) is 4. The van der Waals surface area contributed by atoms with Crippen molar-refractivity contribution in [3.63, 3.8) is 0 Å². The van der Waals surface area contributed by atoms with Crippen molar-refractivity contribution >= 4 is 41.0 Å². The topological polar surface area (TPSA) is 98.5 Å². The summed E-state index contributed by atoms with van der Waals surface area (Å²) in [7, 11) is 0. The van der Waals surface area contributed by atoms with Crippen LogP contribution in [0, 0.1) is 0 Å². The van der Waals surface area contributed by atoms with Crippen LogP contribution in [0.15, 0.2) is 18.2 Å². The summed E-state index contributed by atoms with van der Waals surface area (Å²) >= 11 is 12.0. The van der Waals surface area contributed by atoms with Crippen LogP contribution in [-0.2, 0) is 25.5 Å². The number of hydrogen-bond donors (Lipinski definition) is 2. The van der Waals surface area contributed by atoms with Crippen LogP contribution < -0.4 is 11.1 Å². The molecular weight excluding hydrogens is 319 g/mol. The number of carbonyl (C=O) groups excluding carboxylic acids is 3. The monoisotopic (exact) mass is 332 g/mol. The Kier molecular flexibility index (Phi) is 6.45. The highest BCUT2D eigenvalue weighted by molar-refractivity contribution is 6.36. The maximum absolute atomic E-state index is 11.6. The molecule has 0 heterocycles. The van der Waals surface area contributed by atoms with Gasteiger partial charge in [-0.05, 0) is 17.7 Å². The molecule has 0 aliphatic rings. The lowest BCUT2D eigenvalue weighted by Gasteiger charge is -2.17. The molecule has 0 saturated heterocycles. The van der Waals surface area contributed by atoms with Crippen LogP contribution in [0.3, 0.4) is 0 Å². The summed E-state index contributed by atoms with van der Waals surface area (Å²) in [5, 5.41) is 3.09. The van der Waals surface area contributed by atoms with Crippen molar-refractivity contribution in [1.82, 2.24) is 5.32 Å². The van der Waals surface area contributed by atoms with E-state index in [2.05, 4.69) is 10.1 Å². The van der Waals surface area contributed by atoms with Gasteiger partial charge in [-0.3, -0.25) is 14.4 Å². The normalized spacial score (nSPS) is 11.6. The van der Waals surface area contributed by atoms with Gasteiger partial charge in [-0.25, -0.2) is 0 Å². The fraction of sp³-hybridized carbons (Fsp3) is 0.308. The summed E-state index contributed by atoms with van der Waals surface area (Å²) < 4.78 is 4.53. The Bertz CT molecular complexity index is 543. The molecule has 0 radical (unpaired) electrons. The van der Waals surface area contributed by atoms with Crippen LogP contribution in [0.4, 0.5) is 0 Å². The number of rotatable bonds is 6. The molecule has 2 amide bonds. The number of ether oxygens (including phenoxy) is 1. The molecule has 1 aromatic rings. The van der Waals surface area contributed by atoms with Crippen molar-refractivity contribution in [2.45, 2.75) is 19.4 Å². The second kappa shape index (κ2) is 7.85. The molecule has 1 aromatic carbocycles. The first-order valence-electron chi connectivity index (χ1n) is 5.96. The summed E-state index contributed by atoms with van der Waals surface area (Å²) in [4.78, 5) is 33.6. The molecule has 1 rings (SSSR count). The van der Waals surface area contributed by atoms with E-state index in [0.29, 0.717) is 15.6 Å². The number of carbonyl (C=O) groups is 3. The lowest BCUT2D eigenvalue weighted by molar-refractivity contribution is -0.146. The van der Waals surface area contributed by atoms with Crippen molar-refractivity contribution < 1.29 is 19.1 Å². The highest BCUT2D eigenvalue weighted by Crippen LogP contribution is 2.25. The summed E-state index contributed by atoms with van der Waals surface area (Å²) in [5.74, 6) is -1.99. The lowest BCUT2D eigenvalue weighted by atomic mass is 10.1. The van der Waals surface area contributed by atoms with Gasteiger partial charge in [0.25, 0.3) is 5.91 Å². The van der Waals surface area contributed by atoms with E-state index >= 15 is 0 Å². The Morgan fingerprint density at radius 1 is 1.29 bits per heavy atom. The van der Waals surface area contributed by atoms with Crippen LogP contribution in [-0.4, -0.2) is 30.4 Å². The predicted molar refractivity (Wildman–Crippen MR) is 77.9 cm³/mol. The Labute approximate surface area is 131 Å². The van der Waals surface area contributed by atoms with Gasteiger partial charge >= 0.3 is 5.97 Å². The molecule has 0 bridgehead atoms. The van der Waals surface area contributed by atoms with E-state index in [1.54, 1.807) is 18.2 Å². The molecular formula is C13H14Cl2N2O4. The minimum Gasteiger partial charge on any atom is -0.456 e. The predicted octanol–water partition coefficient (Wildman–Crippen LogP) is 1.07. The third kappa shape index (κ3) is 5.61. The Morgan fingerprint density at radius 3 is 2.33 bits per heavy atom. The van der Waals surface area contributed by atoms with E-state index in [-0.39, 0.29) is 6.42 Å². The van der Waals surface area contributed by atoms with E-state index in [1.165, 1.54) is 6.92 Å². The van der Waals surface area contributed by atoms with Crippen LogP contribution in [0.1, 0.15) is 12.5 Å². The molecule has 0 unspecified atom stereocenters. The average molecular weight is 333 g/mol. The summed E-state index contributed by atoms with van der Waals surface area (Å²) in [5.41, 5.74) is 5.74. The summed E-state index contributed by atoms with van der Waals surface area (Å²) in [6, 6.07) is 3.88.